The number of nitrogens with zero attached hydrogens (tertiary/aromatic N) is 2. The van der Waals surface area contributed by atoms with Gasteiger partial charge in [0.1, 0.15) is 11.5 Å². The van der Waals surface area contributed by atoms with E-state index in [2.05, 4.69) is 10.3 Å². The average molecular weight is 363 g/mol. The lowest BCUT2D eigenvalue weighted by Crippen LogP contribution is -2.17. The van der Waals surface area contributed by atoms with Crippen LogP contribution in [0.15, 0.2) is 53.8 Å². The summed E-state index contributed by atoms with van der Waals surface area (Å²) < 4.78 is 41.7. The van der Waals surface area contributed by atoms with Crippen molar-refractivity contribution >= 4 is 23.4 Å². The van der Waals surface area contributed by atoms with Gasteiger partial charge in [-0.15, -0.1) is 0 Å². The summed E-state index contributed by atoms with van der Waals surface area (Å²) in [7, 11) is 0. The molecular formula is C17H12F3N3OS. The van der Waals surface area contributed by atoms with Crippen LogP contribution in [0.4, 0.5) is 18.9 Å². The van der Waals surface area contributed by atoms with Gasteiger partial charge in [0.15, 0.2) is 16.8 Å². The predicted molar refractivity (Wildman–Crippen MR) is 89.6 cm³/mol. The molecule has 0 saturated heterocycles. The van der Waals surface area contributed by atoms with Gasteiger partial charge in [-0.1, -0.05) is 30.0 Å². The number of nitrogens with one attached hydrogen (secondary N) is 1. The fourth-order valence-corrected chi connectivity index (χ4v) is 2.81. The molecule has 128 valence electrons. The molecule has 0 saturated carbocycles. The van der Waals surface area contributed by atoms with Crippen molar-refractivity contribution in [2.24, 2.45) is 0 Å². The summed E-state index contributed by atoms with van der Waals surface area (Å²) in [5, 5.41) is 2.81. The van der Waals surface area contributed by atoms with E-state index in [-0.39, 0.29) is 5.69 Å². The Bertz CT molecular complexity index is 928. The minimum Gasteiger partial charge on any atom is -0.318 e. The number of imidazole rings is 1. The van der Waals surface area contributed by atoms with Gasteiger partial charge in [-0.25, -0.2) is 18.2 Å². The summed E-state index contributed by atoms with van der Waals surface area (Å²) in [4.78, 5) is 16.7. The highest BCUT2D eigenvalue weighted by Gasteiger charge is 2.19. The molecule has 8 heteroatoms. The van der Waals surface area contributed by atoms with Crippen LogP contribution in [0.5, 0.6) is 0 Å². The second kappa shape index (κ2) is 7.02. The van der Waals surface area contributed by atoms with Gasteiger partial charge in [-0.05, 0) is 18.4 Å². The van der Waals surface area contributed by atoms with E-state index in [9.17, 15) is 18.0 Å². The molecule has 1 aromatic heterocycles. The molecule has 0 radical (unpaired) electrons. The van der Waals surface area contributed by atoms with Crippen LogP contribution in [0, 0.1) is 17.5 Å². The average Bonchev–Trinajstić information content (AvgIpc) is 3.04. The molecule has 3 aromatic rings. The molecule has 25 heavy (non-hydrogen) atoms. The monoisotopic (exact) mass is 363 g/mol. The Hall–Kier alpha value is -2.74. The molecule has 1 amide bonds. The molecule has 0 aliphatic rings. The zero-order valence-electron chi connectivity index (χ0n) is 13.0. The molecular weight excluding hydrogens is 351 g/mol. The van der Waals surface area contributed by atoms with Crippen LogP contribution in [0.25, 0.3) is 5.69 Å². The Morgan fingerprint density at radius 3 is 2.44 bits per heavy atom. The second-order valence-corrected chi connectivity index (χ2v) is 5.77. The number of benzene rings is 2. The molecule has 0 unspecified atom stereocenters. The number of amides is 1. The first-order valence-electron chi connectivity index (χ1n) is 7.14. The van der Waals surface area contributed by atoms with Gasteiger partial charge in [0.25, 0.3) is 5.91 Å². The van der Waals surface area contributed by atoms with Gasteiger partial charge < -0.3 is 5.32 Å². The van der Waals surface area contributed by atoms with Crippen molar-refractivity contribution in [1.29, 1.82) is 0 Å². The Morgan fingerprint density at radius 1 is 1.08 bits per heavy atom. The summed E-state index contributed by atoms with van der Waals surface area (Å²) in [6.07, 6.45) is 3.14. The first-order chi connectivity index (χ1) is 12.0. The molecule has 0 bridgehead atoms. The van der Waals surface area contributed by atoms with Crippen LogP contribution in [-0.2, 0) is 0 Å². The van der Waals surface area contributed by atoms with E-state index in [1.54, 1.807) is 35.1 Å². The number of thioether (sulfide) groups is 1. The van der Waals surface area contributed by atoms with Gasteiger partial charge in [-0.3, -0.25) is 9.36 Å². The standard InChI is InChI=1S/C17H12F3N3OS/c1-25-17-21-9-15(23(17)10-5-3-2-4-6-10)16(24)22-14-8-12(19)11(18)7-13(14)20/h2-9H,1H3,(H,22,24). The molecule has 1 heterocycles. The molecule has 0 atom stereocenters. The Balaban J connectivity index is 1.99. The van der Waals surface area contributed by atoms with Gasteiger partial charge in [0.2, 0.25) is 0 Å². The number of anilines is 1. The number of carbonyl (C=O) groups is 1. The fourth-order valence-electron chi connectivity index (χ4n) is 2.27. The van der Waals surface area contributed by atoms with Crippen LogP contribution >= 0.6 is 11.8 Å². The quantitative estimate of drug-likeness (QED) is 0.556. The van der Waals surface area contributed by atoms with Crippen molar-refractivity contribution in [2.75, 3.05) is 11.6 Å². The Morgan fingerprint density at radius 2 is 1.76 bits per heavy atom. The van der Waals surface area contributed by atoms with Gasteiger partial charge in [-0.2, -0.15) is 0 Å². The molecule has 1 N–H and O–H groups in total. The minimum absolute atomic E-state index is 0.139. The molecule has 3 rings (SSSR count). The van der Waals surface area contributed by atoms with E-state index in [0.29, 0.717) is 23.0 Å². The molecule has 0 aliphatic carbocycles. The summed E-state index contributed by atoms with van der Waals surface area (Å²) in [5.74, 6) is -4.34. The molecule has 4 nitrogen and oxygen atoms in total. The van der Waals surface area contributed by atoms with Crippen LogP contribution in [-0.4, -0.2) is 21.7 Å². The highest BCUT2D eigenvalue weighted by Crippen LogP contribution is 2.24. The zero-order chi connectivity index (χ0) is 18.0. The van der Waals surface area contributed by atoms with E-state index in [0.717, 1.165) is 0 Å². The number of hydrogen-bond acceptors (Lipinski definition) is 3. The maximum Gasteiger partial charge on any atom is 0.274 e. The molecule has 2 aromatic carbocycles. The smallest absolute Gasteiger partial charge is 0.274 e. The van der Waals surface area contributed by atoms with E-state index >= 15 is 0 Å². The van der Waals surface area contributed by atoms with Crippen LogP contribution in [0.1, 0.15) is 10.5 Å². The van der Waals surface area contributed by atoms with Gasteiger partial charge in [0, 0.05) is 17.8 Å². The summed E-state index contributed by atoms with van der Waals surface area (Å²) >= 11 is 1.33. The van der Waals surface area contributed by atoms with Crippen LogP contribution in [0.2, 0.25) is 0 Å². The maximum absolute atomic E-state index is 13.8. The maximum atomic E-state index is 13.8. The Labute approximate surface area is 145 Å². The molecule has 0 aliphatic heterocycles. The normalized spacial score (nSPS) is 10.7. The van der Waals surface area contributed by atoms with Crippen molar-refractivity contribution in [2.45, 2.75) is 5.16 Å². The van der Waals surface area contributed by atoms with Crippen molar-refractivity contribution in [3.8, 4) is 5.69 Å². The largest absolute Gasteiger partial charge is 0.318 e. The van der Waals surface area contributed by atoms with Crippen molar-refractivity contribution in [3.63, 3.8) is 0 Å². The number of aromatic nitrogens is 2. The lowest BCUT2D eigenvalue weighted by molar-refractivity contribution is 0.101. The third kappa shape index (κ3) is 3.39. The van der Waals surface area contributed by atoms with Crippen LogP contribution < -0.4 is 5.32 Å². The minimum atomic E-state index is -1.32. The topological polar surface area (TPSA) is 46.9 Å². The SMILES string of the molecule is CSc1ncc(C(=O)Nc2cc(F)c(F)cc2F)n1-c1ccccc1. The number of carbonyl (C=O) groups excluding carboxylic acids is 1. The van der Waals surface area contributed by atoms with E-state index in [1.165, 1.54) is 18.0 Å². The van der Waals surface area contributed by atoms with Crippen molar-refractivity contribution in [1.82, 2.24) is 9.55 Å². The highest BCUT2D eigenvalue weighted by atomic mass is 32.2. The lowest BCUT2D eigenvalue weighted by atomic mass is 10.2. The number of rotatable bonds is 4. The third-order valence-electron chi connectivity index (χ3n) is 3.42. The van der Waals surface area contributed by atoms with Crippen LogP contribution in [0.3, 0.4) is 0 Å². The zero-order valence-corrected chi connectivity index (χ0v) is 13.8. The predicted octanol–water partition coefficient (Wildman–Crippen LogP) is 4.26. The third-order valence-corrected chi connectivity index (χ3v) is 4.07. The van der Waals surface area contributed by atoms with E-state index in [1.807, 2.05) is 6.07 Å². The number of para-hydroxylation sites is 1. The highest BCUT2D eigenvalue weighted by molar-refractivity contribution is 7.98. The first-order valence-corrected chi connectivity index (χ1v) is 8.36. The van der Waals surface area contributed by atoms with E-state index < -0.39 is 29.0 Å². The first kappa shape index (κ1) is 17.1. The summed E-state index contributed by atoms with van der Waals surface area (Å²) in [5.41, 5.74) is 0.385. The second-order valence-electron chi connectivity index (χ2n) is 5.00. The lowest BCUT2D eigenvalue weighted by Gasteiger charge is -2.11. The van der Waals surface area contributed by atoms with Crippen molar-refractivity contribution in [3.05, 3.63) is 71.8 Å². The Kier molecular flexibility index (Phi) is 4.80. The summed E-state index contributed by atoms with van der Waals surface area (Å²) in [6, 6.07) is 9.99. The van der Waals surface area contributed by atoms with E-state index in [4.69, 9.17) is 0 Å². The molecule has 0 spiro atoms. The number of halogens is 3. The fraction of sp³-hybridized carbons (Fsp3) is 0.0588. The summed E-state index contributed by atoms with van der Waals surface area (Å²) in [6.45, 7) is 0. The van der Waals surface area contributed by atoms with Gasteiger partial charge in [0.05, 0.1) is 11.9 Å². The van der Waals surface area contributed by atoms with Crippen molar-refractivity contribution < 1.29 is 18.0 Å². The molecule has 0 fully saturated rings. The van der Waals surface area contributed by atoms with Gasteiger partial charge >= 0.3 is 0 Å². The number of hydrogen-bond donors (Lipinski definition) is 1.